The zero-order valence-corrected chi connectivity index (χ0v) is 16.2. The maximum atomic E-state index is 12.5. The summed E-state index contributed by atoms with van der Waals surface area (Å²) in [5, 5.41) is 11.2. The first-order valence-corrected chi connectivity index (χ1v) is 10.1. The van der Waals surface area contributed by atoms with Crippen LogP contribution < -0.4 is 5.32 Å². The predicted octanol–water partition coefficient (Wildman–Crippen LogP) is 0.00750. The van der Waals surface area contributed by atoms with Crippen LogP contribution in [0.2, 0.25) is 0 Å². The monoisotopic (exact) mass is 393 g/mol. The van der Waals surface area contributed by atoms with Gasteiger partial charge in [0.05, 0.1) is 6.54 Å². The minimum atomic E-state index is -4.60. The van der Waals surface area contributed by atoms with E-state index in [1.165, 1.54) is 11.8 Å². The van der Waals surface area contributed by atoms with Gasteiger partial charge in [-0.1, -0.05) is 13.8 Å². The van der Waals surface area contributed by atoms with Crippen molar-refractivity contribution in [3.05, 3.63) is 0 Å². The highest BCUT2D eigenvalue weighted by Crippen LogP contribution is 2.40. The minimum Gasteiger partial charge on any atom is -0.480 e. The van der Waals surface area contributed by atoms with Gasteiger partial charge < -0.3 is 25.1 Å². The molecule has 2 amide bonds. The molecule has 1 aliphatic rings. The van der Waals surface area contributed by atoms with Gasteiger partial charge in [0, 0.05) is 13.1 Å². The van der Waals surface area contributed by atoms with Crippen molar-refractivity contribution < 1.29 is 33.8 Å². The van der Waals surface area contributed by atoms with Gasteiger partial charge in [0.25, 0.3) is 0 Å². The highest BCUT2D eigenvalue weighted by molar-refractivity contribution is 7.49. The number of hydrogen-bond donors (Lipinski definition) is 4. The van der Waals surface area contributed by atoms with Crippen LogP contribution in [0.5, 0.6) is 0 Å². The number of carbonyl (C=O) groups excluding carboxylic acids is 2. The molecule has 0 unspecified atom stereocenters. The van der Waals surface area contributed by atoms with Crippen LogP contribution in [0.1, 0.15) is 40.0 Å². The lowest BCUT2D eigenvalue weighted by atomic mass is 10.1. The number of carbonyl (C=O) groups is 3. The summed E-state index contributed by atoms with van der Waals surface area (Å²) < 4.78 is 12.5. The third-order valence-electron chi connectivity index (χ3n) is 4.26. The van der Waals surface area contributed by atoms with E-state index in [9.17, 15) is 28.7 Å². The Kier molecular flexibility index (Phi) is 8.20. The minimum absolute atomic E-state index is 0.0639. The lowest BCUT2D eigenvalue weighted by Gasteiger charge is -2.29. The van der Waals surface area contributed by atoms with E-state index in [4.69, 9.17) is 5.11 Å². The maximum Gasteiger partial charge on any atom is 0.403 e. The number of likely N-dealkylation sites (tertiary alicyclic amines) is 1. The molecule has 0 aliphatic carbocycles. The van der Waals surface area contributed by atoms with Crippen LogP contribution in [-0.2, 0) is 18.9 Å². The van der Waals surface area contributed by atoms with Gasteiger partial charge in [-0.15, -0.1) is 0 Å². The molecule has 1 fully saturated rings. The second-order valence-corrected chi connectivity index (χ2v) is 8.49. The quantitative estimate of drug-likeness (QED) is 0.401. The smallest absolute Gasteiger partial charge is 0.403 e. The second kappa shape index (κ2) is 9.45. The van der Waals surface area contributed by atoms with E-state index in [1.807, 2.05) is 13.8 Å². The SMILES string of the molecule is CC(C)CCN(CC(=O)N1CCC[C@H]1C(=O)N[C@@H](C)C(=O)O)P(=O)(O)O. The topological polar surface area (TPSA) is 147 Å². The van der Waals surface area contributed by atoms with E-state index < -0.39 is 44.2 Å². The molecular formula is C15H28N3O7P. The normalized spacial score (nSPS) is 19.0. The fourth-order valence-corrected chi connectivity index (χ4v) is 3.35. The van der Waals surface area contributed by atoms with Crippen LogP contribution in [0, 0.1) is 5.92 Å². The van der Waals surface area contributed by atoms with E-state index in [0.29, 0.717) is 19.3 Å². The fourth-order valence-electron chi connectivity index (χ4n) is 2.66. The van der Waals surface area contributed by atoms with Gasteiger partial charge in [0.15, 0.2) is 0 Å². The fraction of sp³-hybridized carbons (Fsp3) is 0.800. The summed E-state index contributed by atoms with van der Waals surface area (Å²) in [6.45, 7) is 5.00. The molecule has 0 bridgehead atoms. The van der Waals surface area contributed by atoms with Gasteiger partial charge in [0.1, 0.15) is 12.1 Å². The van der Waals surface area contributed by atoms with Crippen LogP contribution in [0.25, 0.3) is 0 Å². The lowest BCUT2D eigenvalue weighted by Crippen LogP contribution is -2.51. The molecule has 1 rings (SSSR count). The van der Waals surface area contributed by atoms with Crippen LogP contribution in [0.4, 0.5) is 0 Å². The molecule has 0 aromatic rings. The summed E-state index contributed by atoms with van der Waals surface area (Å²) in [6, 6.07) is -1.91. The van der Waals surface area contributed by atoms with Crippen LogP contribution >= 0.6 is 7.75 Å². The van der Waals surface area contributed by atoms with Gasteiger partial charge in [-0.2, -0.15) is 4.67 Å². The van der Waals surface area contributed by atoms with Gasteiger partial charge in [-0.25, -0.2) is 4.57 Å². The van der Waals surface area contributed by atoms with Crippen molar-refractivity contribution in [1.29, 1.82) is 0 Å². The molecule has 1 aliphatic heterocycles. The summed E-state index contributed by atoms with van der Waals surface area (Å²) in [7, 11) is -4.60. The first kappa shape index (κ1) is 22.6. The van der Waals surface area contributed by atoms with Gasteiger partial charge in [-0.3, -0.25) is 14.4 Å². The Morgan fingerprint density at radius 3 is 2.38 bits per heavy atom. The van der Waals surface area contributed by atoms with Crippen molar-refractivity contribution in [1.82, 2.24) is 14.9 Å². The molecule has 0 aromatic carbocycles. The molecule has 2 atom stereocenters. The van der Waals surface area contributed by atoms with Crippen molar-refractivity contribution in [2.24, 2.45) is 5.92 Å². The Labute approximate surface area is 152 Å². The van der Waals surface area contributed by atoms with Crippen molar-refractivity contribution in [2.75, 3.05) is 19.6 Å². The van der Waals surface area contributed by atoms with E-state index >= 15 is 0 Å². The molecule has 0 radical (unpaired) electrons. The Morgan fingerprint density at radius 2 is 1.88 bits per heavy atom. The van der Waals surface area contributed by atoms with E-state index in [-0.39, 0.29) is 19.0 Å². The molecular weight excluding hydrogens is 365 g/mol. The van der Waals surface area contributed by atoms with Crippen molar-refractivity contribution in [3.8, 4) is 0 Å². The summed E-state index contributed by atoms with van der Waals surface area (Å²) >= 11 is 0. The Morgan fingerprint density at radius 1 is 1.27 bits per heavy atom. The summed E-state index contributed by atoms with van der Waals surface area (Å²) in [5.74, 6) is -2.11. The van der Waals surface area contributed by atoms with Gasteiger partial charge >= 0.3 is 13.7 Å². The van der Waals surface area contributed by atoms with Crippen molar-refractivity contribution in [3.63, 3.8) is 0 Å². The molecule has 1 heterocycles. The molecule has 150 valence electrons. The van der Waals surface area contributed by atoms with Gasteiger partial charge in [0.2, 0.25) is 11.8 Å². The zero-order valence-electron chi connectivity index (χ0n) is 15.3. The Hall–Kier alpha value is -1.48. The first-order chi connectivity index (χ1) is 11.9. The molecule has 0 aromatic heterocycles. The predicted molar refractivity (Wildman–Crippen MR) is 93.0 cm³/mol. The molecule has 10 nitrogen and oxygen atoms in total. The summed E-state index contributed by atoms with van der Waals surface area (Å²) in [4.78, 5) is 55.8. The highest BCUT2D eigenvalue weighted by atomic mass is 31.2. The first-order valence-electron chi connectivity index (χ1n) is 8.57. The molecule has 0 spiro atoms. The number of hydrogen-bond acceptors (Lipinski definition) is 4. The van der Waals surface area contributed by atoms with Crippen LogP contribution in [0.3, 0.4) is 0 Å². The molecule has 0 saturated carbocycles. The molecule has 26 heavy (non-hydrogen) atoms. The van der Waals surface area contributed by atoms with Gasteiger partial charge in [-0.05, 0) is 32.1 Å². The van der Waals surface area contributed by atoms with Crippen LogP contribution in [-0.4, -0.2) is 74.0 Å². The van der Waals surface area contributed by atoms with E-state index in [0.717, 1.165) is 4.67 Å². The largest absolute Gasteiger partial charge is 0.480 e. The number of nitrogens with zero attached hydrogens (tertiary/aromatic N) is 2. The summed E-state index contributed by atoms with van der Waals surface area (Å²) in [5.41, 5.74) is 0. The number of rotatable bonds is 9. The standard InChI is InChI=1S/C15H28N3O7P/c1-10(2)6-8-17(26(23,24)25)9-13(19)18-7-4-5-12(18)14(20)16-11(3)15(21)22/h10-12H,4-9H2,1-3H3,(H,16,20)(H,21,22)(H2,23,24,25)/t11-,12-/m0/s1. The van der Waals surface area contributed by atoms with Crippen molar-refractivity contribution in [2.45, 2.75) is 52.1 Å². The number of aliphatic carboxylic acids is 1. The second-order valence-electron chi connectivity index (χ2n) is 6.90. The number of carboxylic acids is 1. The zero-order chi connectivity index (χ0) is 20.1. The molecule has 1 saturated heterocycles. The van der Waals surface area contributed by atoms with E-state index in [2.05, 4.69) is 5.32 Å². The van der Waals surface area contributed by atoms with E-state index in [1.54, 1.807) is 0 Å². The summed E-state index contributed by atoms with van der Waals surface area (Å²) in [6.07, 6.45) is 1.46. The molecule has 4 N–H and O–H groups in total. The number of carboxylic acid groups (broad SMARTS) is 1. The van der Waals surface area contributed by atoms with Crippen molar-refractivity contribution >= 4 is 25.5 Å². The Bertz CT molecular complexity index is 578. The Balaban J connectivity index is 2.77. The third kappa shape index (κ3) is 6.68. The average molecular weight is 393 g/mol. The highest BCUT2D eigenvalue weighted by Gasteiger charge is 2.37. The van der Waals surface area contributed by atoms with Crippen LogP contribution in [0.15, 0.2) is 0 Å². The third-order valence-corrected chi connectivity index (χ3v) is 5.33. The maximum absolute atomic E-state index is 12.5. The molecule has 11 heteroatoms. The number of amides is 2. The number of nitrogens with one attached hydrogen (secondary N) is 1. The average Bonchev–Trinajstić information content (AvgIpc) is 2.99. The lowest BCUT2D eigenvalue weighted by molar-refractivity contribution is -0.143.